The first-order valence-electron chi connectivity index (χ1n) is 10.4. The van der Waals surface area contributed by atoms with Crippen molar-refractivity contribution in [3.8, 4) is 5.75 Å². The predicted octanol–water partition coefficient (Wildman–Crippen LogP) is 1.89. The van der Waals surface area contributed by atoms with Gasteiger partial charge in [-0.2, -0.15) is 4.98 Å². The lowest BCUT2D eigenvalue weighted by Gasteiger charge is -2.16. The highest BCUT2D eigenvalue weighted by atomic mass is 35.5. The standard InChI is InChI=1S/C22H25Cl2N7O3/c1-2-34-18-5-3-14(4-6-18)12-30-20(28-8-7-27-19(25)26)29-21(32)31(22(30)33)13-15-9-16(23)11-17(24)10-15/h3-6,9-11H,2,7-8,12-13H2,1H3,(H4,25,26,27)(H,28,29,32). The number of anilines is 1. The van der Waals surface area contributed by atoms with Crippen molar-refractivity contribution < 1.29 is 4.74 Å². The molecule has 0 atom stereocenters. The first-order valence-corrected chi connectivity index (χ1v) is 11.2. The molecule has 2 aromatic carbocycles. The zero-order valence-electron chi connectivity index (χ0n) is 18.5. The maximum Gasteiger partial charge on any atom is 0.355 e. The van der Waals surface area contributed by atoms with Gasteiger partial charge >= 0.3 is 11.4 Å². The maximum atomic E-state index is 13.4. The Kier molecular flexibility index (Phi) is 8.55. The average Bonchev–Trinajstić information content (AvgIpc) is 2.77. The molecule has 0 unspecified atom stereocenters. The molecule has 0 radical (unpaired) electrons. The largest absolute Gasteiger partial charge is 0.494 e. The number of guanidine groups is 1. The number of nitrogens with two attached hydrogens (primary N) is 2. The van der Waals surface area contributed by atoms with Crippen LogP contribution in [-0.4, -0.2) is 39.8 Å². The highest BCUT2D eigenvalue weighted by Gasteiger charge is 2.15. The third kappa shape index (κ3) is 6.75. The minimum Gasteiger partial charge on any atom is -0.494 e. The van der Waals surface area contributed by atoms with Gasteiger partial charge in [0.15, 0.2) is 5.96 Å². The highest BCUT2D eigenvalue weighted by Crippen LogP contribution is 2.19. The van der Waals surface area contributed by atoms with Crippen molar-refractivity contribution in [1.29, 1.82) is 0 Å². The minimum atomic E-state index is -0.714. The number of halogens is 2. The number of nitrogens with zero attached hydrogens (tertiary/aromatic N) is 4. The topological polar surface area (TPSA) is 143 Å². The molecule has 0 amide bonds. The molecular weight excluding hydrogens is 481 g/mol. The third-order valence-corrected chi connectivity index (χ3v) is 5.11. The predicted molar refractivity (Wildman–Crippen MR) is 134 cm³/mol. The molecule has 180 valence electrons. The molecule has 1 heterocycles. The van der Waals surface area contributed by atoms with Crippen molar-refractivity contribution in [2.75, 3.05) is 25.0 Å². The van der Waals surface area contributed by atoms with Gasteiger partial charge in [0.1, 0.15) is 5.75 Å². The first-order chi connectivity index (χ1) is 16.3. The summed E-state index contributed by atoms with van der Waals surface area (Å²) in [6, 6.07) is 12.1. The summed E-state index contributed by atoms with van der Waals surface area (Å²) >= 11 is 12.1. The van der Waals surface area contributed by atoms with Crippen LogP contribution in [0.25, 0.3) is 0 Å². The first kappa shape index (κ1) is 25.1. The van der Waals surface area contributed by atoms with E-state index in [9.17, 15) is 9.59 Å². The number of aromatic nitrogens is 3. The lowest BCUT2D eigenvalue weighted by Crippen LogP contribution is -2.43. The molecule has 0 saturated heterocycles. The Balaban J connectivity index is 1.98. The molecule has 0 bridgehead atoms. The number of hydrogen-bond acceptors (Lipinski definition) is 6. The van der Waals surface area contributed by atoms with Crippen LogP contribution in [0.1, 0.15) is 18.1 Å². The minimum absolute atomic E-state index is 0.0392. The van der Waals surface area contributed by atoms with Crippen molar-refractivity contribution in [1.82, 2.24) is 14.1 Å². The van der Waals surface area contributed by atoms with Crippen molar-refractivity contribution in [3.63, 3.8) is 0 Å². The van der Waals surface area contributed by atoms with Gasteiger partial charge in [-0.05, 0) is 48.4 Å². The van der Waals surface area contributed by atoms with Crippen LogP contribution in [0, 0.1) is 0 Å². The van der Waals surface area contributed by atoms with E-state index in [2.05, 4.69) is 15.3 Å². The number of benzene rings is 2. The van der Waals surface area contributed by atoms with E-state index in [0.29, 0.717) is 22.2 Å². The van der Waals surface area contributed by atoms with Crippen LogP contribution < -0.4 is 32.9 Å². The molecule has 0 aliphatic heterocycles. The zero-order chi connectivity index (χ0) is 24.7. The average molecular weight is 506 g/mol. The summed E-state index contributed by atoms with van der Waals surface area (Å²) in [5.74, 6) is 0.766. The summed E-state index contributed by atoms with van der Waals surface area (Å²) in [5, 5.41) is 3.76. The van der Waals surface area contributed by atoms with Crippen LogP contribution in [0.5, 0.6) is 5.75 Å². The van der Waals surface area contributed by atoms with Crippen LogP contribution in [0.3, 0.4) is 0 Å². The van der Waals surface area contributed by atoms with Gasteiger partial charge < -0.3 is 21.5 Å². The molecule has 0 spiro atoms. The molecule has 10 nitrogen and oxygen atoms in total. The summed E-state index contributed by atoms with van der Waals surface area (Å²) in [6.45, 7) is 3.08. The molecule has 3 aromatic rings. The van der Waals surface area contributed by atoms with Crippen molar-refractivity contribution in [3.05, 3.63) is 84.6 Å². The molecule has 1 aromatic heterocycles. The van der Waals surface area contributed by atoms with Crippen LogP contribution >= 0.6 is 23.2 Å². The fourth-order valence-electron chi connectivity index (χ4n) is 3.22. The van der Waals surface area contributed by atoms with E-state index in [4.69, 9.17) is 39.4 Å². The summed E-state index contributed by atoms with van der Waals surface area (Å²) < 4.78 is 7.87. The molecule has 0 aliphatic carbocycles. The van der Waals surface area contributed by atoms with E-state index in [0.717, 1.165) is 15.9 Å². The quantitative estimate of drug-likeness (QED) is 0.217. The Morgan fingerprint density at radius 3 is 2.29 bits per heavy atom. The van der Waals surface area contributed by atoms with Gasteiger partial charge in [-0.25, -0.2) is 14.2 Å². The van der Waals surface area contributed by atoms with E-state index < -0.39 is 11.4 Å². The summed E-state index contributed by atoms with van der Waals surface area (Å²) in [4.78, 5) is 34.1. The molecule has 0 saturated carbocycles. The summed E-state index contributed by atoms with van der Waals surface area (Å²) in [5.41, 5.74) is 10.8. The highest BCUT2D eigenvalue weighted by molar-refractivity contribution is 6.34. The Morgan fingerprint density at radius 2 is 1.68 bits per heavy atom. The second kappa shape index (κ2) is 11.6. The molecule has 34 heavy (non-hydrogen) atoms. The molecule has 3 rings (SSSR count). The van der Waals surface area contributed by atoms with E-state index in [-0.39, 0.29) is 38.1 Å². The van der Waals surface area contributed by atoms with Gasteiger partial charge in [0.25, 0.3) is 0 Å². The van der Waals surface area contributed by atoms with Crippen molar-refractivity contribution in [2.24, 2.45) is 16.5 Å². The molecule has 0 fully saturated rings. The number of aliphatic imine (C=N–C) groups is 1. The second-order valence-electron chi connectivity index (χ2n) is 7.26. The number of rotatable bonds is 10. The van der Waals surface area contributed by atoms with Gasteiger partial charge in [-0.3, -0.25) is 9.56 Å². The van der Waals surface area contributed by atoms with E-state index in [1.807, 2.05) is 31.2 Å². The fourth-order valence-corrected chi connectivity index (χ4v) is 3.79. The van der Waals surface area contributed by atoms with Crippen molar-refractivity contribution in [2.45, 2.75) is 20.0 Å². The monoisotopic (exact) mass is 505 g/mol. The Bertz CT molecular complexity index is 1260. The van der Waals surface area contributed by atoms with E-state index in [1.165, 1.54) is 4.57 Å². The maximum absolute atomic E-state index is 13.4. The van der Waals surface area contributed by atoms with Gasteiger partial charge in [0.05, 0.1) is 26.2 Å². The zero-order valence-corrected chi connectivity index (χ0v) is 20.0. The third-order valence-electron chi connectivity index (χ3n) is 4.68. The van der Waals surface area contributed by atoms with E-state index >= 15 is 0 Å². The number of hydrogen-bond donors (Lipinski definition) is 3. The van der Waals surface area contributed by atoms with Crippen LogP contribution in [0.2, 0.25) is 10.0 Å². The Labute approximate surface area is 205 Å². The van der Waals surface area contributed by atoms with E-state index in [1.54, 1.807) is 18.2 Å². The van der Waals surface area contributed by atoms with Crippen LogP contribution in [0.15, 0.2) is 57.0 Å². The second-order valence-corrected chi connectivity index (χ2v) is 8.13. The Hall–Kier alpha value is -3.50. The molecular formula is C22H25Cl2N7O3. The molecule has 12 heteroatoms. The van der Waals surface area contributed by atoms with Crippen LogP contribution in [0.4, 0.5) is 5.95 Å². The summed E-state index contributed by atoms with van der Waals surface area (Å²) in [7, 11) is 0. The lowest BCUT2D eigenvalue weighted by atomic mass is 10.2. The van der Waals surface area contributed by atoms with Gasteiger partial charge in [-0.15, -0.1) is 0 Å². The number of nitrogens with one attached hydrogen (secondary N) is 1. The summed E-state index contributed by atoms with van der Waals surface area (Å²) in [6.07, 6.45) is 0. The number of ether oxygens (including phenoxy) is 1. The smallest absolute Gasteiger partial charge is 0.355 e. The normalized spacial score (nSPS) is 10.7. The van der Waals surface area contributed by atoms with Crippen LogP contribution in [-0.2, 0) is 13.1 Å². The lowest BCUT2D eigenvalue weighted by molar-refractivity contribution is 0.340. The SMILES string of the molecule is CCOc1ccc(Cn2c(NCCN=C(N)N)nc(=O)n(Cc3cc(Cl)cc(Cl)c3)c2=O)cc1. The molecule has 5 N–H and O–H groups in total. The Morgan fingerprint density at radius 1 is 1.03 bits per heavy atom. The molecule has 0 aliphatic rings. The van der Waals surface area contributed by atoms with Gasteiger partial charge in [-0.1, -0.05) is 35.3 Å². The van der Waals surface area contributed by atoms with Gasteiger partial charge in [0, 0.05) is 16.6 Å². The van der Waals surface area contributed by atoms with Gasteiger partial charge in [0.2, 0.25) is 5.95 Å². The van der Waals surface area contributed by atoms with Crippen molar-refractivity contribution >= 4 is 35.1 Å². The fraction of sp³-hybridized carbons (Fsp3) is 0.273.